The third kappa shape index (κ3) is 3.61. The number of benzene rings is 1. The molecule has 116 valence electrons. The monoisotopic (exact) mass is 372 g/mol. The van der Waals surface area contributed by atoms with Gasteiger partial charge in [0.05, 0.1) is 11.1 Å². The summed E-state index contributed by atoms with van der Waals surface area (Å²) in [6.45, 7) is 4.56. The summed E-state index contributed by atoms with van der Waals surface area (Å²) in [6, 6.07) is 3.70. The van der Waals surface area contributed by atoms with E-state index in [-0.39, 0.29) is 5.91 Å². The number of nitrogens with one attached hydrogen (secondary N) is 1. The molecule has 2 rings (SSSR count). The Morgan fingerprint density at radius 3 is 2.67 bits per heavy atom. The van der Waals surface area contributed by atoms with Gasteiger partial charge in [0.15, 0.2) is 0 Å². The van der Waals surface area contributed by atoms with Crippen molar-refractivity contribution in [2.45, 2.75) is 39.5 Å². The maximum Gasteiger partial charge on any atom is 0.231 e. The van der Waals surface area contributed by atoms with E-state index >= 15 is 0 Å². The zero-order valence-electron chi connectivity index (χ0n) is 12.5. The van der Waals surface area contributed by atoms with E-state index < -0.39 is 5.41 Å². The van der Waals surface area contributed by atoms with Crippen molar-refractivity contribution in [1.82, 2.24) is 0 Å². The fourth-order valence-electron chi connectivity index (χ4n) is 2.84. The lowest BCUT2D eigenvalue weighted by Gasteiger charge is -2.37. The predicted octanol–water partition coefficient (Wildman–Crippen LogP) is 4.50. The molecule has 0 heterocycles. The second kappa shape index (κ2) is 6.67. The van der Waals surface area contributed by atoms with Gasteiger partial charge in [-0.15, -0.1) is 0 Å². The molecule has 1 aliphatic carbocycles. The van der Waals surface area contributed by atoms with E-state index in [1.54, 1.807) is 6.07 Å². The molecule has 3 nitrogen and oxygen atoms in total. The quantitative estimate of drug-likeness (QED) is 0.819. The molecule has 0 bridgehead atoms. The molecule has 0 atom stereocenters. The molecular weight excluding hydrogens is 352 g/mol. The summed E-state index contributed by atoms with van der Waals surface area (Å²) < 4.78 is 0.842. The molecule has 1 fully saturated rings. The highest BCUT2D eigenvalue weighted by molar-refractivity contribution is 9.10. The van der Waals surface area contributed by atoms with Crippen LogP contribution in [0.4, 0.5) is 5.69 Å². The van der Waals surface area contributed by atoms with Crippen LogP contribution in [0.5, 0.6) is 0 Å². The molecule has 1 amide bonds. The Balaban J connectivity index is 2.18. The van der Waals surface area contributed by atoms with Crippen molar-refractivity contribution in [2.75, 3.05) is 11.9 Å². The van der Waals surface area contributed by atoms with Crippen molar-refractivity contribution >= 4 is 39.1 Å². The summed E-state index contributed by atoms with van der Waals surface area (Å²) in [5.41, 5.74) is 7.17. The number of rotatable bonds is 3. The number of carbonyl (C=O) groups is 1. The number of anilines is 1. The lowest BCUT2D eigenvalue weighted by Crippen LogP contribution is -2.44. The number of amides is 1. The number of halogens is 2. The molecule has 1 aromatic carbocycles. The second-order valence-electron chi connectivity index (χ2n) is 6.20. The Bertz CT molecular complexity index is 539. The summed E-state index contributed by atoms with van der Waals surface area (Å²) in [4.78, 5) is 12.7. The molecule has 0 spiro atoms. The van der Waals surface area contributed by atoms with Crippen LogP contribution < -0.4 is 11.1 Å². The van der Waals surface area contributed by atoms with E-state index in [9.17, 15) is 4.79 Å². The summed E-state index contributed by atoms with van der Waals surface area (Å²) in [6.07, 6.45) is 3.82. The van der Waals surface area contributed by atoms with Crippen LogP contribution in [0, 0.1) is 18.3 Å². The van der Waals surface area contributed by atoms with Crippen LogP contribution in [0.1, 0.15) is 38.2 Å². The number of hydrogen-bond donors (Lipinski definition) is 2. The van der Waals surface area contributed by atoms with Gasteiger partial charge in [-0.05, 0) is 72.2 Å². The molecule has 0 aromatic heterocycles. The SMILES string of the molecule is Cc1cc(Br)c(NC(=O)C2(CN)CCC(C)CC2)cc1Cl. The van der Waals surface area contributed by atoms with Crippen molar-refractivity contribution < 1.29 is 4.79 Å². The lowest BCUT2D eigenvalue weighted by molar-refractivity contribution is -0.127. The number of hydrogen-bond acceptors (Lipinski definition) is 2. The van der Waals surface area contributed by atoms with E-state index in [0.29, 0.717) is 23.2 Å². The molecule has 1 aliphatic rings. The Morgan fingerprint density at radius 1 is 1.48 bits per heavy atom. The molecule has 5 heteroatoms. The Kier molecular flexibility index (Phi) is 5.33. The summed E-state index contributed by atoms with van der Waals surface area (Å²) in [7, 11) is 0. The Labute approximate surface area is 139 Å². The van der Waals surface area contributed by atoms with Crippen LogP contribution in [-0.2, 0) is 4.79 Å². The van der Waals surface area contributed by atoms with Gasteiger partial charge in [0, 0.05) is 16.0 Å². The molecule has 0 unspecified atom stereocenters. The summed E-state index contributed by atoms with van der Waals surface area (Å²) in [5.74, 6) is 0.690. The third-order valence-corrected chi connectivity index (χ3v) is 5.66. The van der Waals surface area contributed by atoms with Gasteiger partial charge in [0.2, 0.25) is 5.91 Å². The highest BCUT2D eigenvalue weighted by Crippen LogP contribution is 2.40. The van der Waals surface area contributed by atoms with Gasteiger partial charge in [0.25, 0.3) is 0 Å². The van der Waals surface area contributed by atoms with Gasteiger partial charge in [0.1, 0.15) is 0 Å². The normalized spacial score (nSPS) is 25.7. The average Bonchev–Trinajstić information content (AvgIpc) is 2.46. The van der Waals surface area contributed by atoms with Crippen LogP contribution in [0.15, 0.2) is 16.6 Å². The number of aryl methyl sites for hydroxylation is 1. The zero-order chi connectivity index (χ0) is 15.6. The first-order chi connectivity index (χ1) is 9.88. The van der Waals surface area contributed by atoms with Gasteiger partial charge in [-0.1, -0.05) is 18.5 Å². The van der Waals surface area contributed by atoms with Gasteiger partial charge in [-0.25, -0.2) is 0 Å². The van der Waals surface area contributed by atoms with Crippen LogP contribution in [0.25, 0.3) is 0 Å². The highest BCUT2D eigenvalue weighted by atomic mass is 79.9. The molecule has 1 aromatic rings. The van der Waals surface area contributed by atoms with E-state index in [1.165, 1.54) is 0 Å². The summed E-state index contributed by atoms with van der Waals surface area (Å²) in [5, 5.41) is 3.65. The largest absolute Gasteiger partial charge is 0.329 e. The smallest absolute Gasteiger partial charge is 0.231 e. The Hall–Kier alpha value is -0.580. The average molecular weight is 374 g/mol. The van der Waals surface area contributed by atoms with Gasteiger partial charge in [-0.2, -0.15) is 0 Å². The molecule has 3 N–H and O–H groups in total. The summed E-state index contributed by atoms with van der Waals surface area (Å²) >= 11 is 9.62. The molecule has 1 saturated carbocycles. The van der Waals surface area contributed by atoms with Crippen LogP contribution in [0.2, 0.25) is 5.02 Å². The fraction of sp³-hybridized carbons (Fsp3) is 0.562. The van der Waals surface area contributed by atoms with Crippen LogP contribution in [-0.4, -0.2) is 12.5 Å². The third-order valence-electron chi connectivity index (χ3n) is 4.60. The van der Waals surface area contributed by atoms with Crippen molar-refractivity contribution in [3.63, 3.8) is 0 Å². The van der Waals surface area contributed by atoms with Gasteiger partial charge < -0.3 is 11.1 Å². The standard InChI is InChI=1S/C16H22BrClN2O/c1-10-3-5-16(9-19,6-4-10)15(21)20-14-8-13(18)11(2)7-12(14)17/h7-8,10H,3-6,9,19H2,1-2H3,(H,20,21). The molecule has 0 saturated heterocycles. The zero-order valence-corrected chi connectivity index (χ0v) is 14.9. The first-order valence-electron chi connectivity index (χ1n) is 7.35. The van der Waals surface area contributed by atoms with E-state index in [0.717, 1.165) is 35.7 Å². The fourth-order valence-corrected chi connectivity index (χ4v) is 3.56. The van der Waals surface area contributed by atoms with E-state index in [1.807, 2.05) is 13.0 Å². The first kappa shape index (κ1) is 16.8. The minimum atomic E-state index is -0.441. The highest BCUT2D eigenvalue weighted by Gasteiger charge is 2.40. The van der Waals surface area contributed by atoms with Gasteiger partial charge >= 0.3 is 0 Å². The molecule has 21 heavy (non-hydrogen) atoms. The van der Waals surface area contributed by atoms with E-state index in [4.69, 9.17) is 17.3 Å². The number of carbonyl (C=O) groups excluding carboxylic acids is 1. The first-order valence-corrected chi connectivity index (χ1v) is 8.52. The van der Waals surface area contributed by atoms with Crippen LogP contribution in [0.3, 0.4) is 0 Å². The van der Waals surface area contributed by atoms with Crippen LogP contribution >= 0.6 is 27.5 Å². The number of nitrogens with two attached hydrogens (primary N) is 1. The van der Waals surface area contributed by atoms with Gasteiger partial charge in [-0.3, -0.25) is 4.79 Å². The minimum Gasteiger partial charge on any atom is -0.329 e. The van der Waals surface area contributed by atoms with Crippen molar-refractivity contribution in [3.05, 3.63) is 27.2 Å². The maximum atomic E-state index is 12.7. The topological polar surface area (TPSA) is 55.1 Å². The van der Waals surface area contributed by atoms with Crippen molar-refractivity contribution in [3.8, 4) is 0 Å². The van der Waals surface area contributed by atoms with E-state index in [2.05, 4.69) is 28.2 Å². The lowest BCUT2D eigenvalue weighted by atomic mass is 9.70. The molecular formula is C16H22BrClN2O. The molecule has 0 radical (unpaired) electrons. The minimum absolute atomic E-state index is 0.0116. The Morgan fingerprint density at radius 2 is 2.10 bits per heavy atom. The second-order valence-corrected chi connectivity index (χ2v) is 7.46. The predicted molar refractivity (Wildman–Crippen MR) is 91.6 cm³/mol. The van der Waals surface area contributed by atoms with Crippen molar-refractivity contribution in [1.29, 1.82) is 0 Å². The van der Waals surface area contributed by atoms with Crippen molar-refractivity contribution in [2.24, 2.45) is 17.1 Å². The maximum absolute atomic E-state index is 12.7. The molecule has 0 aliphatic heterocycles.